The lowest BCUT2D eigenvalue weighted by Gasteiger charge is -2.10. The fourth-order valence-electron chi connectivity index (χ4n) is 1.50. The molecule has 6 nitrogen and oxygen atoms in total. The minimum absolute atomic E-state index is 0.0231. The predicted molar refractivity (Wildman–Crippen MR) is 82.1 cm³/mol. The van der Waals surface area contributed by atoms with E-state index in [2.05, 4.69) is 15.5 Å². The first-order chi connectivity index (χ1) is 9.61. The summed E-state index contributed by atoms with van der Waals surface area (Å²) in [6.45, 7) is 4.00. The van der Waals surface area contributed by atoms with Crippen LogP contribution in [0.25, 0.3) is 10.7 Å². The predicted octanol–water partition coefficient (Wildman–Crippen LogP) is 1.73. The Labute approximate surface area is 125 Å². The first-order valence-corrected chi connectivity index (χ1v) is 8.14. The summed E-state index contributed by atoms with van der Waals surface area (Å²) in [6.07, 6.45) is 0.909. The smallest absolute Gasteiger partial charge is 0.230 e. The number of amides is 1. The maximum atomic E-state index is 11.7. The van der Waals surface area contributed by atoms with Gasteiger partial charge in [-0.3, -0.25) is 4.79 Å². The summed E-state index contributed by atoms with van der Waals surface area (Å²) in [7, 11) is 0. The summed E-state index contributed by atoms with van der Waals surface area (Å²) >= 11 is 2.83. The molecule has 0 saturated heterocycles. The van der Waals surface area contributed by atoms with Crippen LogP contribution in [-0.4, -0.2) is 32.6 Å². The van der Waals surface area contributed by atoms with Gasteiger partial charge in [0.25, 0.3) is 0 Å². The fourth-order valence-corrected chi connectivity index (χ4v) is 2.87. The molecule has 1 atom stereocenters. The van der Waals surface area contributed by atoms with E-state index in [1.54, 1.807) is 11.3 Å². The van der Waals surface area contributed by atoms with E-state index in [1.165, 1.54) is 16.4 Å². The van der Waals surface area contributed by atoms with E-state index in [-0.39, 0.29) is 17.7 Å². The maximum absolute atomic E-state index is 11.7. The molecule has 2 aromatic heterocycles. The molecule has 0 saturated carbocycles. The van der Waals surface area contributed by atoms with Crippen LogP contribution in [0.5, 0.6) is 0 Å². The number of nitrogens with zero attached hydrogens (tertiary/aromatic N) is 3. The minimum Gasteiger partial charge on any atom is -0.353 e. The third-order valence-electron chi connectivity index (χ3n) is 2.76. The number of carbonyl (C=O) groups excluding carboxylic acids is 1. The van der Waals surface area contributed by atoms with E-state index in [4.69, 9.17) is 5.84 Å². The van der Waals surface area contributed by atoms with Crippen molar-refractivity contribution in [3.8, 4) is 10.7 Å². The molecule has 0 aromatic carbocycles. The van der Waals surface area contributed by atoms with Crippen LogP contribution in [0.3, 0.4) is 0 Å². The molecule has 1 amide bonds. The van der Waals surface area contributed by atoms with E-state index in [9.17, 15) is 4.79 Å². The average molecular weight is 311 g/mol. The number of thioether (sulfide) groups is 1. The van der Waals surface area contributed by atoms with Gasteiger partial charge >= 0.3 is 0 Å². The maximum Gasteiger partial charge on any atom is 0.230 e. The summed E-state index contributed by atoms with van der Waals surface area (Å²) < 4.78 is 1.42. The molecule has 0 bridgehead atoms. The summed E-state index contributed by atoms with van der Waals surface area (Å²) in [4.78, 5) is 12.7. The van der Waals surface area contributed by atoms with Gasteiger partial charge in [-0.05, 0) is 24.8 Å². The van der Waals surface area contributed by atoms with Gasteiger partial charge < -0.3 is 11.2 Å². The molecule has 0 radical (unpaired) electrons. The molecular weight excluding hydrogens is 294 g/mol. The lowest BCUT2D eigenvalue weighted by Crippen LogP contribution is -2.33. The second-order valence-corrected chi connectivity index (χ2v) is 6.21. The SMILES string of the molecule is CC[C@@H](C)NC(=O)CSc1nnc(-c2cccs2)n1N. The highest BCUT2D eigenvalue weighted by molar-refractivity contribution is 7.99. The van der Waals surface area contributed by atoms with Gasteiger partial charge in [-0.15, -0.1) is 21.5 Å². The number of hydrogen-bond donors (Lipinski definition) is 2. The summed E-state index contributed by atoms with van der Waals surface area (Å²) in [5.41, 5.74) is 0. The zero-order valence-corrected chi connectivity index (χ0v) is 13.0. The molecule has 2 rings (SSSR count). The van der Waals surface area contributed by atoms with Gasteiger partial charge in [0, 0.05) is 6.04 Å². The van der Waals surface area contributed by atoms with Crippen LogP contribution in [0, 0.1) is 0 Å². The number of aromatic nitrogens is 3. The quantitative estimate of drug-likeness (QED) is 0.627. The number of nitrogens with one attached hydrogen (secondary N) is 1. The normalized spacial score (nSPS) is 12.3. The molecule has 108 valence electrons. The van der Waals surface area contributed by atoms with Gasteiger partial charge in [0.2, 0.25) is 11.1 Å². The highest BCUT2D eigenvalue weighted by Crippen LogP contribution is 2.24. The van der Waals surface area contributed by atoms with E-state index in [0.29, 0.717) is 11.0 Å². The van der Waals surface area contributed by atoms with E-state index >= 15 is 0 Å². The molecule has 2 heterocycles. The molecule has 0 aliphatic rings. The van der Waals surface area contributed by atoms with Crippen molar-refractivity contribution in [1.82, 2.24) is 20.2 Å². The Morgan fingerprint density at radius 1 is 1.60 bits per heavy atom. The Morgan fingerprint density at radius 2 is 2.40 bits per heavy atom. The molecule has 8 heteroatoms. The number of thiophene rings is 1. The van der Waals surface area contributed by atoms with Crippen molar-refractivity contribution < 1.29 is 4.79 Å². The summed E-state index contributed by atoms with van der Waals surface area (Å²) in [5, 5.41) is 13.5. The first-order valence-electron chi connectivity index (χ1n) is 6.28. The van der Waals surface area contributed by atoms with Crippen molar-refractivity contribution >= 4 is 29.0 Å². The van der Waals surface area contributed by atoms with Crippen LogP contribution < -0.4 is 11.2 Å². The second kappa shape index (κ2) is 6.76. The molecule has 0 aliphatic carbocycles. The van der Waals surface area contributed by atoms with Crippen molar-refractivity contribution in [2.45, 2.75) is 31.5 Å². The van der Waals surface area contributed by atoms with Gasteiger partial charge in [0.15, 0.2) is 5.82 Å². The second-order valence-electron chi connectivity index (χ2n) is 4.32. The van der Waals surface area contributed by atoms with Crippen LogP contribution in [0.1, 0.15) is 20.3 Å². The third-order valence-corrected chi connectivity index (χ3v) is 4.57. The zero-order chi connectivity index (χ0) is 14.5. The number of nitrogens with two attached hydrogens (primary N) is 1. The lowest BCUT2D eigenvalue weighted by molar-refractivity contribution is -0.119. The first kappa shape index (κ1) is 14.9. The van der Waals surface area contributed by atoms with Gasteiger partial charge in [-0.1, -0.05) is 24.8 Å². The van der Waals surface area contributed by atoms with E-state index in [1.807, 2.05) is 31.4 Å². The number of rotatable bonds is 6. The lowest BCUT2D eigenvalue weighted by atomic mass is 10.3. The van der Waals surface area contributed by atoms with Gasteiger partial charge in [0.05, 0.1) is 10.6 Å². The van der Waals surface area contributed by atoms with Crippen molar-refractivity contribution in [1.29, 1.82) is 0 Å². The van der Waals surface area contributed by atoms with Crippen molar-refractivity contribution in [3.63, 3.8) is 0 Å². The molecule has 2 aromatic rings. The van der Waals surface area contributed by atoms with Crippen LogP contribution in [-0.2, 0) is 4.79 Å². The Morgan fingerprint density at radius 3 is 3.05 bits per heavy atom. The van der Waals surface area contributed by atoms with Gasteiger partial charge in [-0.25, -0.2) is 4.68 Å². The van der Waals surface area contributed by atoms with Crippen molar-refractivity contribution in [3.05, 3.63) is 17.5 Å². The van der Waals surface area contributed by atoms with Crippen LogP contribution in [0.2, 0.25) is 0 Å². The molecule has 0 fully saturated rings. The summed E-state index contributed by atoms with van der Waals surface area (Å²) in [5.74, 6) is 6.83. The van der Waals surface area contributed by atoms with Crippen molar-refractivity contribution in [2.75, 3.05) is 11.6 Å². The highest BCUT2D eigenvalue weighted by Gasteiger charge is 2.14. The van der Waals surface area contributed by atoms with Crippen LogP contribution in [0.4, 0.5) is 0 Å². The monoisotopic (exact) mass is 311 g/mol. The average Bonchev–Trinajstić information content (AvgIpc) is 3.06. The van der Waals surface area contributed by atoms with E-state index < -0.39 is 0 Å². The fraction of sp³-hybridized carbons (Fsp3) is 0.417. The van der Waals surface area contributed by atoms with Gasteiger partial charge in [0.1, 0.15) is 0 Å². The minimum atomic E-state index is -0.0231. The Hall–Kier alpha value is -1.54. The molecule has 20 heavy (non-hydrogen) atoms. The Kier molecular flexibility index (Phi) is 5.02. The van der Waals surface area contributed by atoms with E-state index in [0.717, 1.165) is 11.3 Å². The topological polar surface area (TPSA) is 85.8 Å². The number of nitrogen functional groups attached to an aromatic ring is 1. The Balaban J connectivity index is 1.96. The molecular formula is C12H17N5OS2. The number of carbonyl (C=O) groups is 1. The molecule has 3 N–H and O–H groups in total. The highest BCUT2D eigenvalue weighted by atomic mass is 32.2. The van der Waals surface area contributed by atoms with Gasteiger partial charge in [-0.2, -0.15) is 0 Å². The third kappa shape index (κ3) is 3.51. The zero-order valence-electron chi connectivity index (χ0n) is 11.4. The molecule has 0 aliphatic heterocycles. The number of hydrogen-bond acceptors (Lipinski definition) is 6. The summed E-state index contributed by atoms with van der Waals surface area (Å²) in [6, 6.07) is 4.05. The largest absolute Gasteiger partial charge is 0.353 e. The standard InChI is InChI=1S/C12H17N5OS2/c1-3-8(2)14-10(18)7-20-12-16-15-11(17(12)13)9-5-4-6-19-9/h4-6,8H,3,7,13H2,1-2H3,(H,14,18)/t8-/m1/s1. The molecule has 0 unspecified atom stereocenters. The Bertz CT molecular complexity index is 566. The van der Waals surface area contributed by atoms with Crippen LogP contribution in [0.15, 0.2) is 22.7 Å². The molecule has 0 spiro atoms. The van der Waals surface area contributed by atoms with Crippen molar-refractivity contribution in [2.24, 2.45) is 0 Å². The van der Waals surface area contributed by atoms with Crippen LogP contribution >= 0.6 is 23.1 Å².